The molecule has 0 aromatic heterocycles. The van der Waals surface area contributed by atoms with Crippen molar-refractivity contribution in [2.24, 2.45) is 0 Å². The minimum absolute atomic E-state index is 0.688. The van der Waals surface area contributed by atoms with Crippen molar-refractivity contribution in [1.29, 1.82) is 0 Å². The maximum Gasteiger partial charge on any atom is 0.162 e. The number of nitrogen functional groups attached to an aromatic ring is 1. The minimum atomic E-state index is 0.688. The van der Waals surface area contributed by atoms with E-state index in [1.165, 1.54) is 37.7 Å². The summed E-state index contributed by atoms with van der Waals surface area (Å²) < 4.78 is 11.1. The lowest BCUT2D eigenvalue weighted by molar-refractivity contribution is 0.285. The predicted molar refractivity (Wildman–Crippen MR) is 96.1 cm³/mol. The Morgan fingerprint density at radius 3 is 2.35 bits per heavy atom. The Bertz CT molecular complexity index is 569. The van der Waals surface area contributed by atoms with E-state index in [4.69, 9.17) is 15.2 Å². The zero-order valence-corrected chi connectivity index (χ0v) is 14.0. The average molecular weight is 313 g/mol. The van der Waals surface area contributed by atoms with Crippen molar-refractivity contribution in [1.82, 2.24) is 0 Å². The van der Waals surface area contributed by atoms with Gasteiger partial charge >= 0.3 is 0 Å². The number of unbranched alkanes of at least 4 members (excludes halogenated alkanes) is 4. The Kier molecular flexibility index (Phi) is 7.31. The van der Waals surface area contributed by atoms with Gasteiger partial charge in [-0.15, -0.1) is 0 Å². The number of benzene rings is 2. The molecule has 0 bridgehead atoms. The van der Waals surface area contributed by atoms with Gasteiger partial charge in [-0.1, -0.05) is 49.6 Å². The van der Waals surface area contributed by atoms with E-state index in [1.807, 2.05) is 12.1 Å². The third kappa shape index (κ3) is 6.23. The van der Waals surface area contributed by atoms with E-state index in [1.54, 1.807) is 13.2 Å². The molecule has 3 nitrogen and oxygen atoms in total. The first-order valence-electron chi connectivity index (χ1n) is 8.40. The monoisotopic (exact) mass is 313 g/mol. The third-order valence-corrected chi connectivity index (χ3v) is 3.90. The number of hydrogen-bond donors (Lipinski definition) is 1. The molecule has 0 amide bonds. The molecule has 0 unspecified atom stereocenters. The normalized spacial score (nSPS) is 10.5. The van der Waals surface area contributed by atoms with E-state index >= 15 is 0 Å². The fourth-order valence-electron chi connectivity index (χ4n) is 2.59. The molecule has 0 aliphatic heterocycles. The van der Waals surface area contributed by atoms with E-state index in [2.05, 4.69) is 30.3 Å². The molecule has 124 valence electrons. The highest BCUT2D eigenvalue weighted by atomic mass is 16.5. The van der Waals surface area contributed by atoms with Gasteiger partial charge in [-0.25, -0.2) is 0 Å². The van der Waals surface area contributed by atoms with Crippen LogP contribution < -0.4 is 15.2 Å². The van der Waals surface area contributed by atoms with Gasteiger partial charge in [0, 0.05) is 11.8 Å². The van der Waals surface area contributed by atoms with Crippen LogP contribution in [0.25, 0.3) is 0 Å². The summed E-state index contributed by atoms with van der Waals surface area (Å²) in [6.45, 7) is 0.721. The summed E-state index contributed by atoms with van der Waals surface area (Å²) in [4.78, 5) is 0. The van der Waals surface area contributed by atoms with Gasteiger partial charge in [0.1, 0.15) is 0 Å². The SMILES string of the molecule is COc1cc(N)ccc1OCCCCCCCc1ccccc1. The van der Waals surface area contributed by atoms with E-state index in [0.29, 0.717) is 11.4 Å². The fraction of sp³-hybridized carbons (Fsp3) is 0.400. The summed E-state index contributed by atoms with van der Waals surface area (Å²) >= 11 is 0. The quantitative estimate of drug-likeness (QED) is 0.504. The first-order valence-corrected chi connectivity index (χ1v) is 8.40. The number of rotatable bonds is 10. The number of anilines is 1. The molecular weight excluding hydrogens is 286 g/mol. The topological polar surface area (TPSA) is 44.5 Å². The van der Waals surface area contributed by atoms with Gasteiger partial charge in [0.25, 0.3) is 0 Å². The summed E-state index contributed by atoms with van der Waals surface area (Å²) in [5, 5.41) is 0. The van der Waals surface area contributed by atoms with Crippen molar-refractivity contribution in [2.75, 3.05) is 19.5 Å². The lowest BCUT2D eigenvalue weighted by atomic mass is 10.1. The lowest BCUT2D eigenvalue weighted by Gasteiger charge is -2.11. The maximum atomic E-state index is 5.78. The average Bonchev–Trinajstić information content (AvgIpc) is 2.59. The van der Waals surface area contributed by atoms with Crippen LogP contribution in [0.1, 0.15) is 37.7 Å². The molecule has 0 saturated carbocycles. The number of nitrogens with two attached hydrogens (primary N) is 1. The summed E-state index contributed by atoms with van der Waals surface area (Å²) in [6, 6.07) is 16.2. The minimum Gasteiger partial charge on any atom is -0.493 e. The molecule has 23 heavy (non-hydrogen) atoms. The lowest BCUT2D eigenvalue weighted by Crippen LogP contribution is -2.00. The molecule has 2 aromatic carbocycles. The molecule has 0 aliphatic rings. The molecule has 0 radical (unpaired) electrons. The summed E-state index contributed by atoms with van der Waals surface area (Å²) in [5.41, 5.74) is 7.86. The van der Waals surface area contributed by atoms with Gasteiger partial charge in [0.15, 0.2) is 11.5 Å². The molecule has 0 saturated heterocycles. The molecule has 0 heterocycles. The Labute approximate surface area is 139 Å². The van der Waals surface area contributed by atoms with Crippen molar-refractivity contribution in [3.8, 4) is 11.5 Å². The number of aryl methyl sites for hydroxylation is 1. The van der Waals surface area contributed by atoms with Crippen LogP contribution in [0.4, 0.5) is 5.69 Å². The van der Waals surface area contributed by atoms with Crippen LogP contribution in [-0.4, -0.2) is 13.7 Å². The fourth-order valence-corrected chi connectivity index (χ4v) is 2.59. The van der Waals surface area contributed by atoms with E-state index in [0.717, 1.165) is 18.8 Å². The van der Waals surface area contributed by atoms with Crippen LogP contribution in [0.3, 0.4) is 0 Å². The van der Waals surface area contributed by atoms with Crippen LogP contribution in [0.2, 0.25) is 0 Å². The van der Waals surface area contributed by atoms with Crippen molar-refractivity contribution >= 4 is 5.69 Å². The Balaban J connectivity index is 1.54. The second-order valence-electron chi connectivity index (χ2n) is 5.76. The third-order valence-electron chi connectivity index (χ3n) is 3.90. The van der Waals surface area contributed by atoms with E-state index in [9.17, 15) is 0 Å². The van der Waals surface area contributed by atoms with Gasteiger partial charge in [-0.05, 0) is 37.0 Å². The van der Waals surface area contributed by atoms with Crippen molar-refractivity contribution < 1.29 is 9.47 Å². The van der Waals surface area contributed by atoms with Gasteiger partial charge < -0.3 is 15.2 Å². The molecule has 0 spiro atoms. The smallest absolute Gasteiger partial charge is 0.162 e. The van der Waals surface area contributed by atoms with E-state index < -0.39 is 0 Å². The van der Waals surface area contributed by atoms with Gasteiger partial charge in [0.05, 0.1) is 13.7 Å². The van der Waals surface area contributed by atoms with Crippen LogP contribution >= 0.6 is 0 Å². The van der Waals surface area contributed by atoms with Crippen molar-refractivity contribution in [2.45, 2.75) is 38.5 Å². The molecule has 2 N–H and O–H groups in total. The number of ether oxygens (including phenoxy) is 2. The molecule has 2 aromatic rings. The van der Waals surface area contributed by atoms with Crippen LogP contribution in [0, 0.1) is 0 Å². The molecular formula is C20H27NO2. The molecule has 0 atom stereocenters. The molecule has 2 rings (SSSR count). The molecule has 3 heteroatoms. The first-order chi connectivity index (χ1) is 11.3. The van der Waals surface area contributed by atoms with E-state index in [-0.39, 0.29) is 0 Å². The Hall–Kier alpha value is -2.16. The molecule has 0 aliphatic carbocycles. The highest BCUT2D eigenvalue weighted by Gasteiger charge is 2.04. The summed E-state index contributed by atoms with van der Waals surface area (Å²) in [6.07, 6.45) is 7.25. The van der Waals surface area contributed by atoms with Gasteiger partial charge in [-0.3, -0.25) is 0 Å². The Morgan fingerprint density at radius 1 is 0.826 bits per heavy atom. The zero-order valence-electron chi connectivity index (χ0n) is 14.0. The number of hydrogen-bond acceptors (Lipinski definition) is 3. The zero-order chi connectivity index (χ0) is 16.3. The maximum absolute atomic E-state index is 5.78. The van der Waals surface area contributed by atoms with Crippen LogP contribution in [0.15, 0.2) is 48.5 Å². The van der Waals surface area contributed by atoms with Crippen LogP contribution in [-0.2, 0) is 6.42 Å². The summed E-state index contributed by atoms with van der Waals surface area (Å²) in [5.74, 6) is 1.47. The van der Waals surface area contributed by atoms with Crippen molar-refractivity contribution in [3.05, 3.63) is 54.1 Å². The van der Waals surface area contributed by atoms with Gasteiger partial charge in [0.2, 0.25) is 0 Å². The first kappa shape index (κ1) is 17.2. The number of methoxy groups -OCH3 is 1. The Morgan fingerprint density at radius 2 is 1.57 bits per heavy atom. The van der Waals surface area contributed by atoms with Crippen molar-refractivity contribution in [3.63, 3.8) is 0 Å². The van der Waals surface area contributed by atoms with Crippen LogP contribution in [0.5, 0.6) is 11.5 Å². The second kappa shape index (κ2) is 9.78. The standard InChI is InChI=1S/C20H27NO2/c1-22-20-16-18(21)13-14-19(20)23-15-9-4-2-3-6-10-17-11-7-5-8-12-17/h5,7-8,11-14,16H,2-4,6,9-10,15,21H2,1H3. The second-order valence-corrected chi connectivity index (χ2v) is 5.76. The summed E-state index contributed by atoms with van der Waals surface area (Å²) in [7, 11) is 1.63. The largest absolute Gasteiger partial charge is 0.493 e. The molecule has 0 fully saturated rings. The van der Waals surface area contributed by atoms with Gasteiger partial charge in [-0.2, -0.15) is 0 Å². The highest BCUT2D eigenvalue weighted by molar-refractivity contribution is 5.51. The highest BCUT2D eigenvalue weighted by Crippen LogP contribution is 2.29. The predicted octanol–water partition coefficient (Wildman–Crippen LogP) is 4.85.